The Morgan fingerprint density at radius 2 is 1.83 bits per heavy atom. The normalized spacial score (nSPS) is 18.0. The maximum Gasteiger partial charge on any atom is 0.232 e. The van der Waals surface area contributed by atoms with Crippen molar-refractivity contribution >= 4 is 17.5 Å². The molecule has 0 spiro atoms. The van der Waals surface area contributed by atoms with Crippen LogP contribution in [0.4, 0.5) is 5.69 Å². The van der Waals surface area contributed by atoms with Crippen LogP contribution in [0.5, 0.6) is 0 Å². The smallest absolute Gasteiger partial charge is 0.232 e. The number of carbonyl (C=O) groups is 2. The van der Waals surface area contributed by atoms with E-state index >= 15 is 0 Å². The molecule has 1 aliphatic heterocycles. The van der Waals surface area contributed by atoms with Gasteiger partial charge in [-0.2, -0.15) is 0 Å². The van der Waals surface area contributed by atoms with Gasteiger partial charge in [0.15, 0.2) is 0 Å². The van der Waals surface area contributed by atoms with Gasteiger partial charge in [-0.3, -0.25) is 9.59 Å². The van der Waals surface area contributed by atoms with E-state index in [9.17, 15) is 9.59 Å². The fraction of sp³-hybridized carbons (Fsp3) is 0.556. The van der Waals surface area contributed by atoms with Crippen molar-refractivity contribution in [1.29, 1.82) is 0 Å². The molecule has 1 aromatic rings. The highest BCUT2D eigenvalue weighted by molar-refractivity contribution is 5.97. The topological polar surface area (TPSA) is 52.7 Å². The largest absolute Gasteiger partial charge is 0.368 e. The molecule has 0 aromatic heterocycles. The summed E-state index contributed by atoms with van der Waals surface area (Å²) >= 11 is 0. The second kappa shape index (κ2) is 6.60. The van der Waals surface area contributed by atoms with Gasteiger partial charge in [0.2, 0.25) is 11.8 Å². The second-order valence-corrected chi connectivity index (χ2v) is 6.61. The Morgan fingerprint density at radius 1 is 1.13 bits per heavy atom. The highest BCUT2D eigenvalue weighted by atomic mass is 16.2. The van der Waals surface area contributed by atoms with E-state index in [1.165, 1.54) is 16.8 Å². The standard InChI is InChI=1S/C18H25N3O2/c1-13-4-3-5-16(14(13)2)20-8-10-21(11-9-20)18(23)12-17(22)19-15-6-7-15/h3-5,15H,6-12H2,1-2H3,(H,19,22). The van der Waals surface area contributed by atoms with Crippen molar-refractivity contribution in [1.82, 2.24) is 10.2 Å². The Kier molecular flexibility index (Phi) is 4.55. The Hall–Kier alpha value is -2.04. The monoisotopic (exact) mass is 315 g/mol. The number of benzene rings is 1. The van der Waals surface area contributed by atoms with E-state index in [4.69, 9.17) is 0 Å². The summed E-state index contributed by atoms with van der Waals surface area (Å²) in [4.78, 5) is 28.1. The molecule has 0 radical (unpaired) electrons. The number of nitrogens with one attached hydrogen (secondary N) is 1. The number of hydrogen-bond acceptors (Lipinski definition) is 3. The molecular formula is C18H25N3O2. The van der Waals surface area contributed by atoms with Crippen molar-refractivity contribution in [3.63, 3.8) is 0 Å². The molecule has 1 N–H and O–H groups in total. The quantitative estimate of drug-likeness (QED) is 0.859. The van der Waals surface area contributed by atoms with Crippen LogP contribution in [0.2, 0.25) is 0 Å². The summed E-state index contributed by atoms with van der Waals surface area (Å²) in [5.41, 5.74) is 3.84. The fourth-order valence-corrected chi connectivity index (χ4v) is 3.03. The van der Waals surface area contributed by atoms with Crippen LogP contribution in [0.3, 0.4) is 0 Å². The number of carbonyl (C=O) groups excluding carboxylic acids is 2. The maximum absolute atomic E-state index is 12.2. The van der Waals surface area contributed by atoms with Crippen molar-refractivity contribution in [2.24, 2.45) is 0 Å². The number of piperazine rings is 1. The number of amides is 2. The van der Waals surface area contributed by atoms with Crippen molar-refractivity contribution in [3.8, 4) is 0 Å². The Balaban J connectivity index is 1.52. The summed E-state index contributed by atoms with van der Waals surface area (Å²) in [5.74, 6) is -0.182. The zero-order valence-corrected chi connectivity index (χ0v) is 14.0. The SMILES string of the molecule is Cc1cccc(N2CCN(C(=O)CC(=O)NC3CC3)CC2)c1C. The third-order valence-electron chi connectivity index (χ3n) is 4.80. The molecule has 3 rings (SSSR count). The van der Waals surface area contributed by atoms with Gasteiger partial charge >= 0.3 is 0 Å². The maximum atomic E-state index is 12.2. The van der Waals surface area contributed by atoms with Gasteiger partial charge in [-0.25, -0.2) is 0 Å². The van der Waals surface area contributed by atoms with Crippen LogP contribution in [0.1, 0.15) is 30.4 Å². The summed E-state index contributed by atoms with van der Waals surface area (Å²) < 4.78 is 0. The molecule has 5 nitrogen and oxygen atoms in total. The van der Waals surface area contributed by atoms with Crippen LogP contribution in [-0.4, -0.2) is 48.9 Å². The first kappa shape index (κ1) is 15.8. The molecular weight excluding hydrogens is 290 g/mol. The van der Waals surface area contributed by atoms with E-state index < -0.39 is 0 Å². The van der Waals surface area contributed by atoms with Gasteiger partial charge in [-0.15, -0.1) is 0 Å². The lowest BCUT2D eigenvalue weighted by molar-refractivity contribution is -0.136. The van der Waals surface area contributed by atoms with Gasteiger partial charge in [-0.1, -0.05) is 12.1 Å². The Labute approximate surface area is 137 Å². The Morgan fingerprint density at radius 3 is 2.48 bits per heavy atom. The molecule has 1 aromatic carbocycles. The number of rotatable bonds is 4. The minimum absolute atomic E-state index is 0.0139. The summed E-state index contributed by atoms with van der Waals surface area (Å²) in [7, 11) is 0. The molecule has 1 heterocycles. The lowest BCUT2D eigenvalue weighted by Crippen LogP contribution is -2.49. The lowest BCUT2D eigenvalue weighted by atomic mass is 10.1. The molecule has 0 atom stereocenters. The van der Waals surface area contributed by atoms with Gasteiger partial charge in [0.25, 0.3) is 0 Å². The number of aryl methyl sites for hydroxylation is 1. The van der Waals surface area contributed by atoms with Gasteiger partial charge in [0.1, 0.15) is 6.42 Å². The highest BCUT2D eigenvalue weighted by Crippen LogP contribution is 2.24. The minimum Gasteiger partial charge on any atom is -0.368 e. The molecule has 5 heteroatoms. The predicted molar refractivity (Wildman–Crippen MR) is 90.5 cm³/mol. The summed E-state index contributed by atoms with van der Waals surface area (Å²) in [5, 5.41) is 2.88. The van der Waals surface area contributed by atoms with Crippen LogP contribution in [0.25, 0.3) is 0 Å². The van der Waals surface area contributed by atoms with Crippen LogP contribution in [0.15, 0.2) is 18.2 Å². The molecule has 0 unspecified atom stereocenters. The van der Waals surface area contributed by atoms with Crippen molar-refractivity contribution < 1.29 is 9.59 Å². The first-order valence-electron chi connectivity index (χ1n) is 8.43. The number of hydrogen-bond donors (Lipinski definition) is 1. The van der Waals surface area contributed by atoms with Crippen molar-refractivity contribution in [3.05, 3.63) is 29.3 Å². The van der Waals surface area contributed by atoms with Gasteiger partial charge in [0.05, 0.1) is 0 Å². The molecule has 1 saturated carbocycles. The molecule has 0 bridgehead atoms. The molecule has 2 amide bonds. The van der Waals surface area contributed by atoms with E-state index in [1.807, 2.05) is 4.90 Å². The number of nitrogens with zero attached hydrogens (tertiary/aromatic N) is 2. The Bertz CT molecular complexity index is 602. The van der Waals surface area contributed by atoms with E-state index in [1.54, 1.807) is 0 Å². The molecule has 2 fully saturated rings. The molecule has 124 valence electrons. The third kappa shape index (κ3) is 3.84. The average Bonchev–Trinajstić information content (AvgIpc) is 3.34. The van der Waals surface area contributed by atoms with Gasteiger partial charge < -0.3 is 15.1 Å². The predicted octanol–water partition coefficient (Wildman–Crippen LogP) is 1.62. The first-order chi connectivity index (χ1) is 11.0. The highest BCUT2D eigenvalue weighted by Gasteiger charge is 2.27. The van der Waals surface area contributed by atoms with Crippen LogP contribution in [-0.2, 0) is 9.59 Å². The molecule has 1 aliphatic carbocycles. The molecule has 2 aliphatic rings. The van der Waals surface area contributed by atoms with Crippen molar-refractivity contribution in [2.75, 3.05) is 31.1 Å². The lowest BCUT2D eigenvalue weighted by Gasteiger charge is -2.37. The van der Waals surface area contributed by atoms with E-state index in [2.05, 4.69) is 42.3 Å². The molecule has 23 heavy (non-hydrogen) atoms. The molecule has 1 saturated heterocycles. The fourth-order valence-electron chi connectivity index (χ4n) is 3.03. The first-order valence-corrected chi connectivity index (χ1v) is 8.43. The summed E-state index contributed by atoms with van der Waals surface area (Å²) in [6.45, 7) is 7.27. The average molecular weight is 315 g/mol. The summed E-state index contributed by atoms with van der Waals surface area (Å²) in [6, 6.07) is 6.66. The van der Waals surface area contributed by atoms with Gasteiger partial charge in [-0.05, 0) is 43.9 Å². The van der Waals surface area contributed by atoms with E-state index in [0.29, 0.717) is 19.1 Å². The van der Waals surface area contributed by atoms with Crippen LogP contribution in [0, 0.1) is 13.8 Å². The van der Waals surface area contributed by atoms with Crippen molar-refractivity contribution in [2.45, 2.75) is 39.2 Å². The zero-order valence-electron chi connectivity index (χ0n) is 14.0. The van der Waals surface area contributed by atoms with Crippen LogP contribution >= 0.6 is 0 Å². The van der Waals surface area contributed by atoms with E-state index in [0.717, 1.165) is 25.9 Å². The van der Waals surface area contributed by atoms with E-state index in [-0.39, 0.29) is 18.2 Å². The second-order valence-electron chi connectivity index (χ2n) is 6.61. The third-order valence-corrected chi connectivity index (χ3v) is 4.80. The van der Waals surface area contributed by atoms with Gasteiger partial charge in [0, 0.05) is 37.9 Å². The van der Waals surface area contributed by atoms with Crippen LogP contribution < -0.4 is 10.2 Å². The zero-order chi connectivity index (χ0) is 16.4. The summed E-state index contributed by atoms with van der Waals surface area (Å²) in [6.07, 6.45) is 2.09. The number of anilines is 1. The minimum atomic E-state index is -0.130.